The number of fused-ring (bicyclic) bond motifs is 3. The lowest BCUT2D eigenvalue weighted by atomic mass is 9.76. The van der Waals surface area contributed by atoms with Crippen LogP contribution in [0.25, 0.3) is 10.9 Å². The molecule has 4 aromatic carbocycles. The summed E-state index contributed by atoms with van der Waals surface area (Å²) < 4.78 is 4.84. The molecule has 2 aromatic heterocycles. The van der Waals surface area contributed by atoms with E-state index in [1.54, 1.807) is 0 Å². The first kappa shape index (κ1) is 28.8. The molecule has 1 saturated carbocycles. The molecule has 2 aliphatic carbocycles. The summed E-state index contributed by atoms with van der Waals surface area (Å²) in [7, 11) is 0. The van der Waals surface area contributed by atoms with Gasteiger partial charge in [-0.15, -0.1) is 0 Å². The highest BCUT2D eigenvalue weighted by atomic mass is 16.1. The van der Waals surface area contributed by atoms with Gasteiger partial charge < -0.3 is 9.13 Å². The van der Waals surface area contributed by atoms with Gasteiger partial charge >= 0.3 is 0 Å². The number of benzene rings is 4. The number of carbonyl (C=O) groups excluding carboxylic acids is 1. The molecule has 4 nitrogen and oxygen atoms in total. The molecule has 46 heavy (non-hydrogen) atoms. The van der Waals surface area contributed by atoms with Crippen LogP contribution in [-0.2, 0) is 24.9 Å². The van der Waals surface area contributed by atoms with Crippen LogP contribution in [0.5, 0.6) is 0 Å². The van der Waals surface area contributed by atoms with E-state index in [-0.39, 0.29) is 11.7 Å². The third-order valence-corrected chi connectivity index (χ3v) is 10.8. The Bertz CT molecular complexity index is 1880. The van der Waals surface area contributed by atoms with E-state index in [2.05, 4.69) is 131 Å². The minimum atomic E-state index is -0.615. The van der Waals surface area contributed by atoms with Crippen LogP contribution in [0.1, 0.15) is 76.2 Å². The number of hydrogen-bond donors (Lipinski definition) is 0. The van der Waals surface area contributed by atoms with Crippen molar-refractivity contribution in [3.8, 4) is 0 Å². The summed E-state index contributed by atoms with van der Waals surface area (Å²) in [4.78, 5) is 19.5. The van der Waals surface area contributed by atoms with Crippen molar-refractivity contribution in [2.45, 2.75) is 64.0 Å². The highest BCUT2D eigenvalue weighted by molar-refractivity contribution is 6.11. The smallest absolute Gasteiger partial charge is 0.168 e. The van der Waals surface area contributed by atoms with Crippen LogP contribution in [0, 0.1) is 18.8 Å². The number of para-hydroxylation sites is 1. The molecule has 2 heterocycles. The molecule has 8 rings (SSSR count). The summed E-state index contributed by atoms with van der Waals surface area (Å²) in [5.74, 6) is 0.926. The number of rotatable bonds is 8. The Balaban J connectivity index is 1.20. The van der Waals surface area contributed by atoms with Crippen molar-refractivity contribution < 1.29 is 4.79 Å². The fourth-order valence-electron chi connectivity index (χ4n) is 8.57. The minimum Gasteiger partial charge on any atom is -0.344 e. The maximum Gasteiger partial charge on any atom is 0.168 e. The topological polar surface area (TPSA) is 39.8 Å². The highest BCUT2D eigenvalue weighted by Gasteiger charge is 2.40. The Morgan fingerprint density at radius 3 is 1.91 bits per heavy atom. The lowest BCUT2D eigenvalue weighted by Crippen LogP contribution is -2.38. The number of imidazole rings is 1. The number of carbonyl (C=O) groups is 1. The van der Waals surface area contributed by atoms with Gasteiger partial charge in [0.1, 0.15) is 5.54 Å². The van der Waals surface area contributed by atoms with Gasteiger partial charge in [0, 0.05) is 46.7 Å². The number of ketones is 1. The third kappa shape index (κ3) is 4.65. The van der Waals surface area contributed by atoms with Crippen LogP contribution in [0.15, 0.2) is 122 Å². The highest BCUT2D eigenvalue weighted by Crippen LogP contribution is 2.43. The summed E-state index contributed by atoms with van der Waals surface area (Å²) in [6, 6.07) is 40.8. The lowest BCUT2D eigenvalue weighted by Gasteiger charge is -2.38. The maximum atomic E-state index is 14.4. The van der Waals surface area contributed by atoms with E-state index < -0.39 is 5.54 Å². The molecular formula is C42H41N3O. The average molecular weight is 604 g/mol. The van der Waals surface area contributed by atoms with Gasteiger partial charge in [-0.1, -0.05) is 122 Å². The Labute approximate surface area is 271 Å². The van der Waals surface area contributed by atoms with Gasteiger partial charge in [-0.3, -0.25) is 4.79 Å². The van der Waals surface area contributed by atoms with Crippen LogP contribution in [-0.4, -0.2) is 19.9 Å². The first-order valence-electron chi connectivity index (χ1n) is 17.0. The van der Waals surface area contributed by atoms with Gasteiger partial charge in [0.05, 0.1) is 12.0 Å². The predicted octanol–water partition coefficient (Wildman–Crippen LogP) is 9.16. The molecule has 6 aromatic rings. The molecule has 1 fully saturated rings. The van der Waals surface area contributed by atoms with Crippen molar-refractivity contribution in [1.29, 1.82) is 0 Å². The Morgan fingerprint density at radius 2 is 1.30 bits per heavy atom. The SMILES string of the molecule is Cc1c(CC2CCc3c(c4ccccc4n3CC3CCCC3)C2=O)ncn1C(c1ccccc1)(c1ccccc1)c1ccccc1. The van der Waals surface area contributed by atoms with Crippen molar-refractivity contribution in [3.63, 3.8) is 0 Å². The first-order valence-corrected chi connectivity index (χ1v) is 17.0. The van der Waals surface area contributed by atoms with E-state index >= 15 is 0 Å². The molecule has 1 unspecified atom stereocenters. The Morgan fingerprint density at radius 1 is 0.739 bits per heavy atom. The standard InChI is InChI=1S/C42H41N3O/c1-30-37(27-32-25-26-39-40(41(32)46)36-23-13-14-24-38(36)44(39)28-31-15-11-12-16-31)43-29-45(30)42(33-17-5-2-6-18-33,34-19-7-3-8-20-34)35-21-9-4-10-22-35/h2-10,13-14,17-24,29,31-32H,11-12,15-16,25-28H2,1H3. The fourth-order valence-corrected chi connectivity index (χ4v) is 8.57. The molecule has 0 radical (unpaired) electrons. The van der Waals surface area contributed by atoms with Crippen molar-refractivity contribution in [1.82, 2.24) is 14.1 Å². The molecule has 2 aliphatic rings. The molecule has 230 valence electrons. The molecule has 1 atom stereocenters. The number of Topliss-reactive ketones (excluding diaryl/α,β-unsaturated/α-hetero) is 1. The van der Waals surface area contributed by atoms with Crippen molar-refractivity contribution in [3.05, 3.63) is 161 Å². The number of hydrogen-bond acceptors (Lipinski definition) is 2. The second kappa shape index (κ2) is 11.9. The van der Waals surface area contributed by atoms with Gasteiger partial charge in [-0.05, 0) is 61.3 Å². The summed E-state index contributed by atoms with van der Waals surface area (Å²) >= 11 is 0. The minimum absolute atomic E-state index is 0.0835. The maximum absolute atomic E-state index is 14.4. The monoisotopic (exact) mass is 603 g/mol. The third-order valence-electron chi connectivity index (χ3n) is 10.8. The molecule has 0 saturated heterocycles. The molecular weight excluding hydrogens is 562 g/mol. The second-order valence-corrected chi connectivity index (χ2v) is 13.4. The van der Waals surface area contributed by atoms with Crippen LogP contribution in [0.4, 0.5) is 0 Å². The lowest BCUT2D eigenvalue weighted by molar-refractivity contribution is 0.0901. The van der Waals surface area contributed by atoms with Gasteiger partial charge in [0.15, 0.2) is 5.78 Å². The van der Waals surface area contributed by atoms with Crippen molar-refractivity contribution in [2.75, 3.05) is 0 Å². The molecule has 0 bridgehead atoms. The van der Waals surface area contributed by atoms with Gasteiger partial charge in [-0.2, -0.15) is 0 Å². The fraction of sp³-hybridized carbons (Fsp3) is 0.286. The zero-order valence-corrected chi connectivity index (χ0v) is 26.6. The summed E-state index contributed by atoms with van der Waals surface area (Å²) in [5, 5.41) is 1.13. The van der Waals surface area contributed by atoms with Crippen LogP contribution in [0.3, 0.4) is 0 Å². The van der Waals surface area contributed by atoms with Gasteiger partial charge in [0.25, 0.3) is 0 Å². The Kier molecular flexibility index (Phi) is 7.44. The summed E-state index contributed by atoms with van der Waals surface area (Å²) in [6.07, 6.45) is 9.72. The summed E-state index contributed by atoms with van der Waals surface area (Å²) in [5.41, 5.74) is 8.46. The largest absolute Gasteiger partial charge is 0.344 e. The zero-order valence-electron chi connectivity index (χ0n) is 26.6. The summed E-state index contributed by atoms with van der Waals surface area (Å²) in [6.45, 7) is 3.22. The van der Waals surface area contributed by atoms with Crippen LogP contribution in [0.2, 0.25) is 0 Å². The van der Waals surface area contributed by atoms with E-state index in [4.69, 9.17) is 4.98 Å². The van der Waals surface area contributed by atoms with Crippen molar-refractivity contribution in [2.24, 2.45) is 11.8 Å². The normalized spacial score (nSPS) is 17.1. The van der Waals surface area contributed by atoms with Crippen LogP contribution >= 0.6 is 0 Å². The molecule has 4 heteroatoms. The molecule has 0 N–H and O–H groups in total. The van der Waals surface area contributed by atoms with E-state index in [9.17, 15) is 4.79 Å². The van der Waals surface area contributed by atoms with Gasteiger partial charge in [-0.25, -0.2) is 4.98 Å². The van der Waals surface area contributed by atoms with E-state index in [1.807, 2.05) is 6.33 Å². The first-order chi connectivity index (χ1) is 22.7. The molecule has 0 aliphatic heterocycles. The van der Waals surface area contributed by atoms with E-state index in [0.717, 1.165) is 47.6 Å². The quantitative estimate of drug-likeness (QED) is 0.163. The van der Waals surface area contributed by atoms with Gasteiger partial charge in [0.2, 0.25) is 0 Å². The van der Waals surface area contributed by atoms with Crippen molar-refractivity contribution >= 4 is 16.7 Å². The Hall–Kier alpha value is -4.70. The molecule has 0 spiro atoms. The number of aromatic nitrogens is 3. The predicted molar refractivity (Wildman–Crippen MR) is 185 cm³/mol. The number of nitrogens with zero attached hydrogens (tertiary/aromatic N) is 3. The van der Waals surface area contributed by atoms with E-state index in [1.165, 1.54) is 53.6 Å². The second-order valence-electron chi connectivity index (χ2n) is 13.4. The van der Waals surface area contributed by atoms with E-state index in [0.29, 0.717) is 6.42 Å². The zero-order chi connectivity index (χ0) is 31.1. The van der Waals surface area contributed by atoms with Crippen LogP contribution < -0.4 is 0 Å². The average Bonchev–Trinajstić information content (AvgIpc) is 3.84. The molecule has 0 amide bonds.